The minimum absolute atomic E-state index is 0.105. The number of hydrogen-bond donors (Lipinski definition) is 2. The predicted octanol–water partition coefficient (Wildman–Crippen LogP) is 3.82. The van der Waals surface area contributed by atoms with Crippen molar-refractivity contribution < 1.29 is 22.7 Å². The van der Waals surface area contributed by atoms with Crippen molar-refractivity contribution in [3.8, 4) is 5.75 Å². The average molecular weight is 536 g/mol. The number of carbonyl (C=O) groups excluding carboxylic acids is 2. The quantitative estimate of drug-likeness (QED) is 0.619. The van der Waals surface area contributed by atoms with Crippen LogP contribution in [0.4, 0.5) is 11.4 Å². The molecule has 0 aromatic heterocycles. The zero-order valence-corrected chi connectivity index (χ0v) is 21.0. The molecule has 8 nitrogen and oxygen atoms in total. The second-order valence-corrected chi connectivity index (χ2v) is 11.3. The van der Waals surface area contributed by atoms with Crippen LogP contribution < -0.4 is 15.4 Å². The first-order valence-corrected chi connectivity index (χ1v) is 13.0. The number of nitrogens with zero attached hydrogens (tertiary/aromatic N) is 1. The number of fused-ring (bicyclic) bond motifs is 1. The lowest BCUT2D eigenvalue weighted by Gasteiger charge is -2.32. The zero-order chi connectivity index (χ0) is 23.9. The fourth-order valence-corrected chi connectivity index (χ4v) is 6.09. The van der Waals surface area contributed by atoms with Crippen LogP contribution in [0.2, 0.25) is 0 Å². The van der Waals surface area contributed by atoms with Crippen LogP contribution in [-0.4, -0.2) is 43.7 Å². The number of anilines is 2. The van der Waals surface area contributed by atoms with Crippen molar-refractivity contribution in [3.63, 3.8) is 0 Å². The van der Waals surface area contributed by atoms with Crippen LogP contribution in [0.3, 0.4) is 0 Å². The molecular formula is C23H26BrN3O5S. The van der Waals surface area contributed by atoms with Crippen LogP contribution in [0.5, 0.6) is 5.75 Å². The predicted molar refractivity (Wildman–Crippen MR) is 129 cm³/mol. The number of hydrogen-bond acceptors (Lipinski definition) is 5. The highest BCUT2D eigenvalue weighted by atomic mass is 79.9. The second-order valence-electron chi connectivity index (χ2n) is 8.52. The van der Waals surface area contributed by atoms with Gasteiger partial charge in [-0.25, -0.2) is 8.42 Å². The Morgan fingerprint density at radius 2 is 1.97 bits per heavy atom. The standard InChI is InChI=1S/C23H26BrN3O5S/c1-13-9-17(6-7-18(13)24)25-23(29)16-5-4-8-27(12-16)33(30,31)21-11-20-19(10-14(21)2)26-22(28)15(3)32-20/h6-7,9-11,15-16H,4-5,8,12H2,1-3H3,(H,25,29)(H,26,28). The molecule has 2 aliphatic heterocycles. The summed E-state index contributed by atoms with van der Waals surface area (Å²) in [7, 11) is -3.85. The molecular weight excluding hydrogens is 510 g/mol. The first kappa shape index (κ1) is 23.7. The molecule has 0 spiro atoms. The molecule has 2 atom stereocenters. The Balaban J connectivity index is 1.54. The lowest BCUT2D eigenvalue weighted by atomic mass is 9.98. The lowest BCUT2D eigenvalue weighted by molar-refractivity contribution is -0.123. The number of rotatable bonds is 4. The summed E-state index contributed by atoms with van der Waals surface area (Å²) in [5, 5.41) is 5.64. The highest BCUT2D eigenvalue weighted by molar-refractivity contribution is 9.10. The molecule has 2 aromatic carbocycles. The van der Waals surface area contributed by atoms with Gasteiger partial charge in [-0.15, -0.1) is 0 Å². The van der Waals surface area contributed by atoms with Crippen LogP contribution in [0, 0.1) is 19.8 Å². The number of ether oxygens (including phenoxy) is 1. The molecule has 2 aromatic rings. The molecule has 0 radical (unpaired) electrons. The van der Waals surface area contributed by atoms with Gasteiger partial charge in [0.2, 0.25) is 15.9 Å². The monoisotopic (exact) mass is 535 g/mol. The Kier molecular flexibility index (Phi) is 6.52. The van der Waals surface area contributed by atoms with E-state index in [9.17, 15) is 18.0 Å². The molecule has 1 fully saturated rings. The summed E-state index contributed by atoms with van der Waals surface area (Å²) in [4.78, 5) is 24.9. The average Bonchev–Trinajstić information content (AvgIpc) is 2.77. The van der Waals surface area contributed by atoms with Gasteiger partial charge in [0, 0.05) is 29.3 Å². The zero-order valence-electron chi connectivity index (χ0n) is 18.6. The summed E-state index contributed by atoms with van der Waals surface area (Å²) < 4.78 is 34.9. The van der Waals surface area contributed by atoms with Gasteiger partial charge in [0.15, 0.2) is 6.10 Å². The minimum atomic E-state index is -3.85. The van der Waals surface area contributed by atoms with Gasteiger partial charge in [0.05, 0.1) is 16.5 Å². The number of carbonyl (C=O) groups is 2. The van der Waals surface area contributed by atoms with Gasteiger partial charge in [-0.3, -0.25) is 9.59 Å². The van der Waals surface area contributed by atoms with Gasteiger partial charge < -0.3 is 15.4 Å². The van der Waals surface area contributed by atoms with Gasteiger partial charge >= 0.3 is 0 Å². The summed E-state index contributed by atoms with van der Waals surface area (Å²) in [6.45, 7) is 5.67. The Hall–Kier alpha value is -2.43. The highest BCUT2D eigenvalue weighted by Crippen LogP contribution is 2.36. The summed E-state index contributed by atoms with van der Waals surface area (Å²) in [6, 6.07) is 8.62. The highest BCUT2D eigenvalue weighted by Gasteiger charge is 2.35. The molecule has 33 heavy (non-hydrogen) atoms. The molecule has 0 aliphatic carbocycles. The van der Waals surface area contributed by atoms with E-state index in [-0.39, 0.29) is 23.3 Å². The van der Waals surface area contributed by atoms with Crippen LogP contribution in [0.25, 0.3) is 0 Å². The van der Waals surface area contributed by atoms with Crippen LogP contribution in [0.15, 0.2) is 39.7 Å². The van der Waals surface area contributed by atoms with Gasteiger partial charge in [-0.05, 0) is 69.0 Å². The molecule has 2 heterocycles. The maximum atomic E-state index is 13.5. The van der Waals surface area contributed by atoms with Crippen LogP contribution in [0.1, 0.15) is 30.9 Å². The molecule has 176 valence electrons. The van der Waals surface area contributed by atoms with E-state index in [0.29, 0.717) is 42.1 Å². The molecule has 1 saturated heterocycles. The first-order chi connectivity index (χ1) is 15.6. The number of benzene rings is 2. The molecule has 0 bridgehead atoms. The fourth-order valence-electron chi connectivity index (χ4n) is 4.10. The number of nitrogens with one attached hydrogen (secondary N) is 2. The van der Waals surface area contributed by atoms with Crippen molar-refractivity contribution in [2.24, 2.45) is 5.92 Å². The largest absolute Gasteiger partial charge is 0.479 e. The van der Waals surface area contributed by atoms with Crippen molar-refractivity contribution in [1.82, 2.24) is 4.31 Å². The number of piperidine rings is 1. The topological polar surface area (TPSA) is 105 Å². The molecule has 0 saturated carbocycles. The number of halogens is 1. The maximum Gasteiger partial charge on any atom is 0.265 e. The second kappa shape index (κ2) is 9.08. The Morgan fingerprint density at radius 3 is 2.70 bits per heavy atom. The van der Waals surface area contributed by atoms with Crippen LogP contribution in [-0.2, 0) is 19.6 Å². The third kappa shape index (κ3) is 4.78. The molecule has 4 rings (SSSR count). The smallest absolute Gasteiger partial charge is 0.265 e. The molecule has 2 amide bonds. The Bertz CT molecular complexity index is 1230. The van der Waals surface area contributed by atoms with Crippen molar-refractivity contribution in [2.45, 2.75) is 44.6 Å². The van der Waals surface area contributed by atoms with E-state index in [2.05, 4.69) is 26.6 Å². The van der Waals surface area contributed by atoms with Crippen molar-refractivity contribution in [2.75, 3.05) is 23.7 Å². The summed E-state index contributed by atoms with van der Waals surface area (Å²) >= 11 is 3.44. The molecule has 2 N–H and O–H groups in total. The SMILES string of the molecule is Cc1cc(NC(=O)C2CCCN(S(=O)(=O)c3cc4c(cc3C)NC(=O)C(C)O4)C2)ccc1Br. The maximum absolute atomic E-state index is 13.5. The van der Waals surface area contributed by atoms with Gasteiger partial charge in [0.1, 0.15) is 5.75 Å². The third-order valence-corrected chi connectivity index (χ3v) is 8.90. The van der Waals surface area contributed by atoms with E-state index in [4.69, 9.17) is 4.74 Å². The Labute approximate surface area is 201 Å². The van der Waals surface area contributed by atoms with Crippen molar-refractivity contribution >= 4 is 49.1 Å². The van der Waals surface area contributed by atoms with E-state index in [0.717, 1.165) is 10.0 Å². The van der Waals surface area contributed by atoms with E-state index in [1.165, 1.54) is 10.4 Å². The Morgan fingerprint density at radius 1 is 1.21 bits per heavy atom. The van der Waals surface area contributed by atoms with Crippen LogP contribution >= 0.6 is 15.9 Å². The molecule has 2 aliphatic rings. The normalized spacial score (nSPS) is 21.0. The van der Waals surface area contributed by atoms with Crippen molar-refractivity contribution in [3.05, 3.63) is 45.9 Å². The molecule has 10 heteroatoms. The number of sulfonamides is 1. The van der Waals surface area contributed by atoms with E-state index in [1.807, 2.05) is 25.1 Å². The first-order valence-electron chi connectivity index (χ1n) is 10.8. The van der Waals surface area contributed by atoms with E-state index >= 15 is 0 Å². The molecule has 2 unspecified atom stereocenters. The van der Waals surface area contributed by atoms with Crippen molar-refractivity contribution in [1.29, 1.82) is 0 Å². The minimum Gasteiger partial charge on any atom is -0.479 e. The lowest BCUT2D eigenvalue weighted by Crippen LogP contribution is -2.44. The summed E-state index contributed by atoms with van der Waals surface area (Å²) in [5.74, 6) is -0.601. The van der Waals surface area contributed by atoms with E-state index < -0.39 is 22.0 Å². The van der Waals surface area contributed by atoms with Gasteiger partial charge in [0.25, 0.3) is 5.91 Å². The fraction of sp³-hybridized carbons (Fsp3) is 0.391. The third-order valence-electron chi connectivity index (χ3n) is 6.01. The van der Waals surface area contributed by atoms with E-state index in [1.54, 1.807) is 19.9 Å². The number of aryl methyl sites for hydroxylation is 2. The summed E-state index contributed by atoms with van der Waals surface area (Å²) in [6.07, 6.45) is 0.494. The summed E-state index contributed by atoms with van der Waals surface area (Å²) in [5.41, 5.74) is 2.63. The van der Waals surface area contributed by atoms with Gasteiger partial charge in [-0.1, -0.05) is 15.9 Å². The van der Waals surface area contributed by atoms with Gasteiger partial charge in [-0.2, -0.15) is 4.31 Å². The number of amides is 2.